The Morgan fingerprint density at radius 2 is 1.86 bits per heavy atom. The van der Waals surface area contributed by atoms with E-state index in [4.69, 9.17) is 4.98 Å². The van der Waals surface area contributed by atoms with Gasteiger partial charge in [0.1, 0.15) is 0 Å². The number of amides is 1. The zero-order chi connectivity index (χ0) is 20.6. The lowest BCUT2D eigenvalue weighted by Gasteiger charge is -2.29. The molecule has 0 spiro atoms. The lowest BCUT2D eigenvalue weighted by molar-refractivity contribution is -0.136. The standard InChI is InChI=1S/C22H20F3N3O/c1-2-28-12-11-18-15(13-28)20(14-7-3-5-9-17(14)26-18)21(29)27-19-10-6-4-8-16(19)22(23,24)25/h3-10H,2,11-13H2,1H3,(H,27,29). The summed E-state index contributed by atoms with van der Waals surface area (Å²) in [5.74, 6) is -0.547. The summed E-state index contributed by atoms with van der Waals surface area (Å²) in [6.45, 7) is 4.25. The number of pyridine rings is 1. The first-order valence-electron chi connectivity index (χ1n) is 9.49. The summed E-state index contributed by atoms with van der Waals surface area (Å²) in [7, 11) is 0. The maximum Gasteiger partial charge on any atom is 0.418 e. The monoisotopic (exact) mass is 399 g/mol. The van der Waals surface area contributed by atoms with E-state index in [1.165, 1.54) is 18.2 Å². The van der Waals surface area contributed by atoms with Crippen LogP contribution in [0.4, 0.5) is 18.9 Å². The average molecular weight is 399 g/mol. The number of hydrogen-bond acceptors (Lipinski definition) is 3. The molecule has 150 valence electrons. The number of carbonyl (C=O) groups excluding carboxylic acids is 1. The fourth-order valence-electron chi connectivity index (χ4n) is 3.80. The van der Waals surface area contributed by atoms with Crippen LogP contribution >= 0.6 is 0 Å². The molecule has 0 atom stereocenters. The number of halogens is 3. The van der Waals surface area contributed by atoms with Gasteiger partial charge in [-0.05, 0) is 24.7 Å². The number of benzene rings is 2. The first-order valence-corrected chi connectivity index (χ1v) is 9.49. The summed E-state index contributed by atoms with van der Waals surface area (Å²) < 4.78 is 40.1. The molecule has 0 bridgehead atoms. The number of hydrogen-bond donors (Lipinski definition) is 1. The molecule has 1 aliphatic rings. The molecule has 2 heterocycles. The number of carbonyl (C=O) groups is 1. The van der Waals surface area contributed by atoms with Gasteiger partial charge in [0, 0.05) is 36.2 Å². The summed E-state index contributed by atoms with van der Waals surface area (Å²) >= 11 is 0. The molecule has 1 N–H and O–H groups in total. The summed E-state index contributed by atoms with van der Waals surface area (Å²) in [5.41, 5.74) is 1.59. The van der Waals surface area contributed by atoms with Gasteiger partial charge in [-0.2, -0.15) is 13.2 Å². The van der Waals surface area contributed by atoms with Gasteiger partial charge in [-0.1, -0.05) is 37.3 Å². The summed E-state index contributed by atoms with van der Waals surface area (Å²) in [4.78, 5) is 20.1. The first-order chi connectivity index (χ1) is 13.9. The third kappa shape index (κ3) is 3.70. The molecule has 1 amide bonds. The Bertz CT molecular complexity index is 1080. The van der Waals surface area contributed by atoms with Crippen molar-refractivity contribution in [3.05, 3.63) is 70.9 Å². The smallest absolute Gasteiger partial charge is 0.321 e. The molecule has 7 heteroatoms. The molecular formula is C22H20F3N3O. The van der Waals surface area contributed by atoms with Gasteiger partial charge in [0.15, 0.2) is 0 Å². The number of anilines is 1. The summed E-state index contributed by atoms with van der Waals surface area (Å²) in [6, 6.07) is 12.3. The van der Waals surface area contributed by atoms with E-state index >= 15 is 0 Å². The minimum absolute atomic E-state index is 0.247. The van der Waals surface area contributed by atoms with Gasteiger partial charge in [0.2, 0.25) is 0 Å². The van der Waals surface area contributed by atoms with Crippen molar-refractivity contribution in [1.29, 1.82) is 0 Å². The molecule has 4 rings (SSSR count). The van der Waals surface area contributed by atoms with Crippen LogP contribution in [0.1, 0.15) is 34.1 Å². The summed E-state index contributed by atoms with van der Waals surface area (Å²) in [5, 5.41) is 3.15. The number of rotatable bonds is 3. The van der Waals surface area contributed by atoms with Crippen molar-refractivity contribution in [2.24, 2.45) is 0 Å². The molecule has 0 saturated carbocycles. The Morgan fingerprint density at radius 1 is 1.14 bits per heavy atom. The summed E-state index contributed by atoms with van der Waals surface area (Å²) in [6.07, 6.45) is -3.85. The van der Waals surface area contributed by atoms with Crippen LogP contribution < -0.4 is 5.32 Å². The molecule has 3 aromatic rings. The fourth-order valence-corrected chi connectivity index (χ4v) is 3.80. The predicted octanol–water partition coefficient (Wildman–Crippen LogP) is 4.88. The van der Waals surface area contributed by atoms with Gasteiger partial charge in [-0.15, -0.1) is 0 Å². The van der Waals surface area contributed by atoms with Crippen LogP contribution in [-0.2, 0) is 19.1 Å². The fraction of sp³-hybridized carbons (Fsp3) is 0.273. The van der Waals surface area contributed by atoms with Crippen molar-refractivity contribution < 1.29 is 18.0 Å². The molecule has 0 unspecified atom stereocenters. The number of alkyl halides is 3. The molecule has 0 aliphatic carbocycles. The highest BCUT2D eigenvalue weighted by Crippen LogP contribution is 2.35. The van der Waals surface area contributed by atoms with Crippen molar-refractivity contribution in [3.63, 3.8) is 0 Å². The highest BCUT2D eigenvalue weighted by Gasteiger charge is 2.34. The number of nitrogens with one attached hydrogen (secondary N) is 1. The molecular weight excluding hydrogens is 379 g/mol. The van der Waals surface area contributed by atoms with E-state index in [9.17, 15) is 18.0 Å². The van der Waals surface area contributed by atoms with Gasteiger partial charge in [0.05, 0.1) is 22.3 Å². The normalized spacial score (nSPS) is 14.6. The molecule has 0 fully saturated rings. The van der Waals surface area contributed by atoms with Gasteiger partial charge < -0.3 is 5.32 Å². The molecule has 0 radical (unpaired) electrons. The molecule has 1 aliphatic heterocycles. The zero-order valence-corrected chi connectivity index (χ0v) is 15.9. The van der Waals surface area contributed by atoms with E-state index in [1.54, 1.807) is 12.1 Å². The SMILES string of the molecule is CCN1CCc2nc3ccccc3c(C(=O)Nc3ccccc3C(F)(F)F)c2C1. The largest absolute Gasteiger partial charge is 0.418 e. The lowest BCUT2D eigenvalue weighted by Crippen LogP contribution is -2.33. The maximum absolute atomic E-state index is 13.4. The van der Waals surface area contributed by atoms with Crippen molar-refractivity contribution in [2.45, 2.75) is 26.1 Å². The van der Waals surface area contributed by atoms with Crippen LogP contribution in [0, 0.1) is 0 Å². The molecule has 0 saturated heterocycles. The quantitative estimate of drug-likeness (QED) is 0.683. The van der Waals surface area contributed by atoms with Gasteiger partial charge >= 0.3 is 6.18 Å². The van der Waals surface area contributed by atoms with Gasteiger partial charge in [-0.25, -0.2) is 0 Å². The molecule has 29 heavy (non-hydrogen) atoms. The second kappa shape index (κ2) is 7.48. The number of aromatic nitrogens is 1. The van der Waals surface area contributed by atoms with Gasteiger partial charge in [-0.3, -0.25) is 14.7 Å². The minimum atomic E-state index is -4.55. The maximum atomic E-state index is 13.4. The first kappa shape index (κ1) is 19.4. The molecule has 1 aromatic heterocycles. The highest BCUT2D eigenvalue weighted by molar-refractivity contribution is 6.13. The Kier molecular flexibility index (Phi) is 5.00. The lowest BCUT2D eigenvalue weighted by atomic mass is 9.95. The van der Waals surface area contributed by atoms with Crippen LogP contribution in [0.25, 0.3) is 10.9 Å². The third-order valence-electron chi connectivity index (χ3n) is 5.28. The van der Waals surface area contributed by atoms with E-state index in [-0.39, 0.29) is 5.69 Å². The number of likely N-dealkylation sites (N-methyl/N-ethyl adjacent to an activating group) is 1. The Morgan fingerprint density at radius 3 is 2.62 bits per heavy atom. The van der Waals surface area contributed by atoms with Crippen molar-refractivity contribution in [3.8, 4) is 0 Å². The van der Waals surface area contributed by atoms with E-state index in [2.05, 4.69) is 10.2 Å². The van der Waals surface area contributed by atoms with Crippen LogP contribution in [-0.4, -0.2) is 28.9 Å². The number of fused-ring (bicyclic) bond motifs is 2. The number of nitrogens with zero attached hydrogens (tertiary/aromatic N) is 2. The molecule has 2 aromatic carbocycles. The Labute approximate surface area is 166 Å². The van der Waals surface area contributed by atoms with Crippen molar-refractivity contribution in [2.75, 3.05) is 18.4 Å². The average Bonchev–Trinajstić information content (AvgIpc) is 2.71. The minimum Gasteiger partial charge on any atom is -0.321 e. The van der Waals surface area contributed by atoms with Crippen LogP contribution in [0.2, 0.25) is 0 Å². The third-order valence-corrected chi connectivity index (χ3v) is 5.28. The van der Waals surface area contributed by atoms with E-state index < -0.39 is 17.6 Å². The van der Waals surface area contributed by atoms with Crippen LogP contribution in [0.3, 0.4) is 0 Å². The highest BCUT2D eigenvalue weighted by atomic mass is 19.4. The van der Waals surface area contributed by atoms with Crippen LogP contribution in [0.15, 0.2) is 48.5 Å². The second-order valence-electron chi connectivity index (χ2n) is 7.05. The Balaban J connectivity index is 1.83. The number of para-hydroxylation sites is 2. The van der Waals surface area contributed by atoms with Crippen molar-refractivity contribution >= 4 is 22.5 Å². The second-order valence-corrected chi connectivity index (χ2v) is 7.05. The van der Waals surface area contributed by atoms with Gasteiger partial charge in [0.25, 0.3) is 5.91 Å². The molecule has 4 nitrogen and oxygen atoms in total. The predicted molar refractivity (Wildman–Crippen MR) is 106 cm³/mol. The van der Waals surface area contributed by atoms with E-state index in [0.717, 1.165) is 30.4 Å². The van der Waals surface area contributed by atoms with Crippen molar-refractivity contribution in [1.82, 2.24) is 9.88 Å². The topological polar surface area (TPSA) is 45.2 Å². The Hall–Kier alpha value is -2.93. The zero-order valence-electron chi connectivity index (χ0n) is 15.9. The van der Waals surface area contributed by atoms with E-state index in [0.29, 0.717) is 29.4 Å². The van der Waals surface area contributed by atoms with E-state index in [1.807, 2.05) is 19.1 Å². The van der Waals surface area contributed by atoms with Crippen LogP contribution in [0.5, 0.6) is 0 Å².